The highest BCUT2D eigenvalue weighted by Crippen LogP contribution is 2.48. The fourth-order valence-electron chi connectivity index (χ4n) is 3.02. The van der Waals surface area contributed by atoms with E-state index in [4.69, 9.17) is 4.74 Å². The first kappa shape index (κ1) is 20.0. The number of carbonyl (C=O) groups excluding carboxylic acids is 1. The molecule has 1 aliphatic rings. The van der Waals surface area contributed by atoms with E-state index in [1.165, 1.54) is 12.3 Å². The van der Waals surface area contributed by atoms with Gasteiger partial charge in [-0.1, -0.05) is 12.1 Å². The number of hydrogen-bond acceptors (Lipinski definition) is 4. The maximum atomic E-state index is 12.5. The summed E-state index contributed by atoms with van der Waals surface area (Å²) < 4.78 is 46.4. The molecular formula is C20H21F3N2O3. The van der Waals surface area contributed by atoms with Crippen molar-refractivity contribution in [2.24, 2.45) is 5.92 Å². The summed E-state index contributed by atoms with van der Waals surface area (Å²) in [6.07, 6.45) is -2.41. The molecule has 1 aliphatic carbocycles. The third-order valence-electron chi connectivity index (χ3n) is 4.61. The van der Waals surface area contributed by atoms with Gasteiger partial charge in [0.15, 0.2) is 6.61 Å². The van der Waals surface area contributed by atoms with Crippen molar-refractivity contribution in [2.75, 3.05) is 13.7 Å². The number of nitrogens with one attached hydrogen (secondary N) is 1. The Morgan fingerprint density at radius 1 is 1.29 bits per heavy atom. The summed E-state index contributed by atoms with van der Waals surface area (Å²) in [4.78, 5) is 16.6. The number of aromatic nitrogens is 1. The van der Waals surface area contributed by atoms with Gasteiger partial charge in [-0.05, 0) is 49.1 Å². The number of hydrogen-bond donors (Lipinski definition) is 1. The van der Waals surface area contributed by atoms with Gasteiger partial charge in [-0.15, -0.1) is 0 Å². The second-order valence-corrected chi connectivity index (χ2v) is 6.78. The van der Waals surface area contributed by atoms with Gasteiger partial charge in [-0.2, -0.15) is 13.2 Å². The number of carbonyl (C=O) groups is 1. The van der Waals surface area contributed by atoms with Crippen LogP contribution in [-0.4, -0.2) is 30.8 Å². The number of rotatable bonds is 7. The number of nitrogens with zero attached hydrogens (tertiary/aromatic N) is 1. The molecule has 0 saturated heterocycles. The quantitative estimate of drug-likeness (QED) is 0.771. The van der Waals surface area contributed by atoms with Crippen molar-refractivity contribution in [2.45, 2.75) is 31.5 Å². The number of pyridine rings is 1. The summed E-state index contributed by atoms with van der Waals surface area (Å²) >= 11 is 0. The molecule has 1 amide bonds. The first-order valence-corrected chi connectivity index (χ1v) is 8.86. The lowest BCUT2D eigenvalue weighted by atomic mass is 10.1. The van der Waals surface area contributed by atoms with Crippen LogP contribution >= 0.6 is 0 Å². The zero-order valence-electron chi connectivity index (χ0n) is 15.5. The van der Waals surface area contributed by atoms with Crippen molar-refractivity contribution in [3.05, 3.63) is 53.9 Å². The Labute approximate surface area is 160 Å². The highest BCUT2D eigenvalue weighted by molar-refractivity contribution is 5.83. The molecule has 3 rings (SSSR count). The van der Waals surface area contributed by atoms with Gasteiger partial charge in [0, 0.05) is 5.92 Å². The van der Waals surface area contributed by atoms with E-state index in [2.05, 4.69) is 15.0 Å². The maximum Gasteiger partial charge on any atom is 0.422 e. The van der Waals surface area contributed by atoms with E-state index >= 15 is 0 Å². The van der Waals surface area contributed by atoms with Gasteiger partial charge < -0.3 is 14.8 Å². The Kier molecular flexibility index (Phi) is 5.76. The van der Waals surface area contributed by atoms with Crippen LogP contribution in [0.4, 0.5) is 13.2 Å². The number of amides is 1. The summed E-state index contributed by atoms with van der Waals surface area (Å²) in [6.45, 7) is 0.410. The highest BCUT2D eigenvalue weighted by Gasteiger charge is 2.44. The normalized spacial score (nSPS) is 19.6. The number of methoxy groups -OCH3 is 1. The molecule has 1 N–H and O–H groups in total. The molecule has 28 heavy (non-hydrogen) atoms. The van der Waals surface area contributed by atoms with Gasteiger partial charge in [0.25, 0.3) is 0 Å². The highest BCUT2D eigenvalue weighted by atomic mass is 19.4. The largest absolute Gasteiger partial charge is 0.497 e. The van der Waals surface area contributed by atoms with E-state index in [0.29, 0.717) is 5.69 Å². The smallest absolute Gasteiger partial charge is 0.422 e. The summed E-state index contributed by atoms with van der Waals surface area (Å²) in [5, 5.41) is 2.91. The van der Waals surface area contributed by atoms with E-state index in [1.54, 1.807) is 20.1 Å². The standard InChI is InChI=1S/C20H21F3N2O3/c1-12(18-7-6-15(10-24-18)28-11-20(21,22)23)25-19(26)17-9-16(17)13-4-3-5-14(8-13)27-2/h3-8,10,12,16-17H,9,11H2,1-2H3,(H,25,26)/t12-,16-,17?/m1/s1. The van der Waals surface area contributed by atoms with Crippen LogP contribution in [0.5, 0.6) is 11.5 Å². The Balaban J connectivity index is 1.53. The van der Waals surface area contributed by atoms with Gasteiger partial charge in [0.2, 0.25) is 5.91 Å². The number of alkyl halides is 3. The van der Waals surface area contributed by atoms with Crippen LogP contribution in [-0.2, 0) is 4.79 Å². The molecular weight excluding hydrogens is 373 g/mol. The minimum atomic E-state index is -4.40. The van der Waals surface area contributed by atoms with Crippen molar-refractivity contribution < 1.29 is 27.4 Å². The van der Waals surface area contributed by atoms with Crippen molar-refractivity contribution in [1.82, 2.24) is 10.3 Å². The van der Waals surface area contributed by atoms with Gasteiger partial charge in [0.05, 0.1) is 25.0 Å². The van der Waals surface area contributed by atoms with E-state index in [-0.39, 0.29) is 29.5 Å². The molecule has 0 radical (unpaired) electrons. The minimum absolute atomic E-state index is 0.0277. The van der Waals surface area contributed by atoms with Crippen LogP contribution in [0.25, 0.3) is 0 Å². The molecule has 1 aromatic carbocycles. The predicted octanol–water partition coefficient (Wildman–Crippen LogP) is 4.01. The van der Waals surface area contributed by atoms with Crippen molar-refractivity contribution in [3.63, 3.8) is 0 Å². The molecule has 8 heteroatoms. The Hall–Kier alpha value is -2.77. The zero-order valence-corrected chi connectivity index (χ0v) is 15.5. The summed E-state index contributed by atoms with van der Waals surface area (Å²) in [5.41, 5.74) is 1.61. The first-order valence-electron chi connectivity index (χ1n) is 8.86. The lowest BCUT2D eigenvalue weighted by Gasteiger charge is -2.14. The van der Waals surface area contributed by atoms with E-state index in [0.717, 1.165) is 17.7 Å². The Morgan fingerprint density at radius 3 is 2.71 bits per heavy atom. The lowest BCUT2D eigenvalue weighted by molar-refractivity contribution is -0.153. The van der Waals surface area contributed by atoms with Gasteiger partial charge in [-0.25, -0.2) is 0 Å². The molecule has 3 atom stereocenters. The zero-order chi connectivity index (χ0) is 20.3. The summed E-state index contributed by atoms with van der Waals surface area (Å²) in [6, 6.07) is 10.3. The lowest BCUT2D eigenvalue weighted by Crippen LogP contribution is -2.29. The van der Waals surface area contributed by atoms with Crippen LogP contribution in [0, 0.1) is 5.92 Å². The summed E-state index contributed by atoms with van der Waals surface area (Å²) in [7, 11) is 1.60. The third kappa shape index (κ3) is 5.15. The molecule has 1 heterocycles. The molecule has 1 fully saturated rings. The average Bonchev–Trinajstić information content (AvgIpc) is 3.47. The number of ether oxygens (including phenoxy) is 2. The van der Waals surface area contributed by atoms with Crippen LogP contribution in [0.2, 0.25) is 0 Å². The fourth-order valence-corrected chi connectivity index (χ4v) is 3.02. The average molecular weight is 394 g/mol. The Morgan fingerprint density at radius 2 is 2.07 bits per heavy atom. The fraction of sp³-hybridized carbons (Fsp3) is 0.400. The van der Waals surface area contributed by atoms with Crippen molar-refractivity contribution in [1.29, 1.82) is 0 Å². The molecule has 0 aliphatic heterocycles. The van der Waals surface area contributed by atoms with Crippen LogP contribution in [0.1, 0.15) is 36.6 Å². The third-order valence-corrected chi connectivity index (χ3v) is 4.61. The first-order chi connectivity index (χ1) is 13.3. The van der Waals surface area contributed by atoms with Crippen LogP contribution < -0.4 is 14.8 Å². The number of benzene rings is 1. The Bertz CT molecular complexity index is 824. The van der Waals surface area contributed by atoms with Gasteiger partial charge in [0.1, 0.15) is 11.5 Å². The molecule has 150 valence electrons. The van der Waals surface area contributed by atoms with E-state index in [1.807, 2.05) is 24.3 Å². The topological polar surface area (TPSA) is 60.5 Å². The molecule has 1 aromatic heterocycles. The second-order valence-electron chi connectivity index (χ2n) is 6.78. The molecule has 5 nitrogen and oxygen atoms in total. The molecule has 1 saturated carbocycles. The van der Waals surface area contributed by atoms with Crippen LogP contribution in [0.3, 0.4) is 0 Å². The predicted molar refractivity (Wildman–Crippen MR) is 96.2 cm³/mol. The molecule has 2 aromatic rings. The van der Waals surface area contributed by atoms with E-state index < -0.39 is 12.8 Å². The molecule has 0 bridgehead atoms. The van der Waals surface area contributed by atoms with Gasteiger partial charge >= 0.3 is 6.18 Å². The summed E-state index contributed by atoms with van der Waals surface area (Å²) in [5.74, 6) is 0.769. The minimum Gasteiger partial charge on any atom is -0.497 e. The van der Waals surface area contributed by atoms with Crippen molar-refractivity contribution >= 4 is 5.91 Å². The number of halogens is 3. The SMILES string of the molecule is COc1cccc([C@H]2CC2C(=O)N[C@H](C)c2ccc(OCC(F)(F)F)cn2)c1. The van der Waals surface area contributed by atoms with Crippen molar-refractivity contribution in [3.8, 4) is 11.5 Å². The maximum absolute atomic E-state index is 12.5. The van der Waals surface area contributed by atoms with Crippen LogP contribution in [0.15, 0.2) is 42.6 Å². The molecule has 0 spiro atoms. The monoisotopic (exact) mass is 394 g/mol. The molecule has 1 unspecified atom stereocenters. The van der Waals surface area contributed by atoms with E-state index in [9.17, 15) is 18.0 Å². The van der Waals surface area contributed by atoms with Gasteiger partial charge in [-0.3, -0.25) is 9.78 Å². The second kappa shape index (κ2) is 8.08.